The van der Waals surface area contributed by atoms with E-state index in [1.165, 1.54) is 6.07 Å². The summed E-state index contributed by atoms with van der Waals surface area (Å²) < 4.78 is 19.3. The monoisotopic (exact) mass is 371 g/mol. The zero-order valence-electron chi connectivity index (χ0n) is 14.4. The van der Waals surface area contributed by atoms with Crippen LogP contribution < -0.4 is 0 Å². The molecule has 0 aliphatic rings. The summed E-state index contributed by atoms with van der Waals surface area (Å²) >= 11 is 1.16. The molecule has 7 heteroatoms. The molecular formula is C19H18FN3O2S. The SMILES string of the molecule is C[C@H](Sc1nnc(-c2ccccc2F)o1)C(=O)N(C)Cc1ccccc1. The minimum atomic E-state index is -0.431. The normalized spacial score (nSPS) is 12.0. The summed E-state index contributed by atoms with van der Waals surface area (Å²) in [5, 5.41) is 7.61. The summed E-state index contributed by atoms with van der Waals surface area (Å²) in [7, 11) is 1.75. The number of aromatic nitrogens is 2. The van der Waals surface area contributed by atoms with Crippen molar-refractivity contribution < 1.29 is 13.6 Å². The first kappa shape index (κ1) is 18.1. The molecule has 5 nitrogen and oxygen atoms in total. The third-order valence-electron chi connectivity index (χ3n) is 3.77. The molecule has 0 aliphatic heterocycles. The van der Waals surface area contributed by atoms with Gasteiger partial charge < -0.3 is 9.32 Å². The molecule has 1 atom stereocenters. The number of hydrogen-bond acceptors (Lipinski definition) is 5. The van der Waals surface area contributed by atoms with Crippen molar-refractivity contribution in [1.29, 1.82) is 0 Å². The molecule has 1 amide bonds. The van der Waals surface area contributed by atoms with Crippen LogP contribution in [0.25, 0.3) is 11.5 Å². The molecule has 0 N–H and O–H groups in total. The topological polar surface area (TPSA) is 59.2 Å². The van der Waals surface area contributed by atoms with Crippen molar-refractivity contribution >= 4 is 17.7 Å². The van der Waals surface area contributed by atoms with Gasteiger partial charge in [0.2, 0.25) is 5.91 Å². The van der Waals surface area contributed by atoms with E-state index in [0.29, 0.717) is 6.54 Å². The molecule has 134 valence electrons. The van der Waals surface area contributed by atoms with Crippen LogP contribution in [0.3, 0.4) is 0 Å². The molecule has 0 saturated heterocycles. The summed E-state index contributed by atoms with van der Waals surface area (Å²) in [5.41, 5.74) is 1.30. The van der Waals surface area contributed by atoms with Crippen LogP contribution in [0, 0.1) is 5.82 Å². The maximum atomic E-state index is 13.8. The van der Waals surface area contributed by atoms with E-state index in [-0.39, 0.29) is 22.6 Å². The van der Waals surface area contributed by atoms with Gasteiger partial charge in [-0.05, 0) is 24.6 Å². The average Bonchev–Trinajstić information content (AvgIpc) is 3.10. The molecule has 1 heterocycles. The Morgan fingerprint density at radius 2 is 1.85 bits per heavy atom. The van der Waals surface area contributed by atoms with Gasteiger partial charge >= 0.3 is 0 Å². The summed E-state index contributed by atoms with van der Waals surface area (Å²) in [6.07, 6.45) is 0. The number of carbonyl (C=O) groups excluding carboxylic acids is 1. The lowest BCUT2D eigenvalue weighted by Crippen LogP contribution is -2.32. The number of hydrogen-bond donors (Lipinski definition) is 0. The first-order valence-electron chi connectivity index (χ1n) is 8.08. The van der Waals surface area contributed by atoms with Gasteiger partial charge in [-0.25, -0.2) is 4.39 Å². The fourth-order valence-electron chi connectivity index (χ4n) is 2.45. The summed E-state index contributed by atoms with van der Waals surface area (Å²) in [4.78, 5) is 14.2. The Morgan fingerprint density at radius 3 is 2.58 bits per heavy atom. The van der Waals surface area contributed by atoms with E-state index in [9.17, 15) is 9.18 Å². The van der Waals surface area contributed by atoms with E-state index in [2.05, 4.69) is 10.2 Å². The number of amides is 1. The predicted molar refractivity (Wildman–Crippen MR) is 97.9 cm³/mol. The minimum absolute atomic E-state index is 0.0514. The highest BCUT2D eigenvalue weighted by molar-refractivity contribution is 8.00. The molecule has 1 aromatic heterocycles. The zero-order valence-corrected chi connectivity index (χ0v) is 15.2. The maximum absolute atomic E-state index is 13.8. The van der Waals surface area contributed by atoms with Gasteiger partial charge in [0.15, 0.2) is 0 Å². The van der Waals surface area contributed by atoms with E-state index in [4.69, 9.17) is 4.42 Å². The number of nitrogens with zero attached hydrogens (tertiary/aromatic N) is 3. The Kier molecular flexibility index (Phi) is 5.68. The lowest BCUT2D eigenvalue weighted by molar-refractivity contribution is -0.129. The fraction of sp³-hybridized carbons (Fsp3) is 0.211. The molecule has 0 radical (unpaired) electrons. The van der Waals surface area contributed by atoms with Crippen molar-refractivity contribution in [2.75, 3.05) is 7.05 Å². The lowest BCUT2D eigenvalue weighted by atomic mass is 10.2. The second-order valence-corrected chi connectivity index (χ2v) is 7.08. The maximum Gasteiger partial charge on any atom is 0.277 e. The van der Waals surface area contributed by atoms with E-state index in [0.717, 1.165) is 17.3 Å². The minimum Gasteiger partial charge on any atom is -0.411 e. The lowest BCUT2D eigenvalue weighted by Gasteiger charge is -2.20. The van der Waals surface area contributed by atoms with E-state index in [1.807, 2.05) is 30.3 Å². The second-order valence-electron chi connectivity index (χ2n) is 5.79. The van der Waals surface area contributed by atoms with Crippen molar-refractivity contribution in [2.45, 2.75) is 23.9 Å². The van der Waals surface area contributed by atoms with Crippen molar-refractivity contribution in [3.63, 3.8) is 0 Å². The molecule has 0 saturated carbocycles. The predicted octanol–water partition coefficient (Wildman–Crippen LogP) is 4.01. The Balaban J connectivity index is 1.63. The number of benzene rings is 2. The third-order valence-corrected chi connectivity index (χ3v) is 4.70. The number of halogens is 1. The molecule has 26 heavy (non-hydrogen) atoms. The molecule has 2 aromatic carbocycles. The van der Waals surface area contributed by atoms with Gasteiger partial charge in [0.25, 0.3) is 11.1 Å². The van der Waals surface area contributed by atoms with Gasteiger partial charge in [-0.1, -0.05) is 54.2 Å². The van der Waals surface area contributed by atoms with Gasteiger partial charge in [-0.2, -0.15) is 0 Å². The van der Waals surface area contributed by atoms with Gasteiger partial charge in [0.05, 0.1) is 10.8 Å². The zero-order chi connectivity index (χ0) is 18.5. The van der Waals surface area contributed by atoms with E-state index >= 15 is 0 Å². The Hall–Kier alpha value is -2.67. The summed E-state index contributed by atoms with van der Waals surface area (Å²) in [5.74, 6) is -0.383. The number of carbonyl (C=O) groups is 1. The molecule has 0 unspecified atom stereocenters. The van der Waals surface area contributed by atoms with Crippen molar-refractivity contribution in [1.82, 2.24) is 15.1 Å². The van der Waals surface area contributed by atoms with Crippen LogP contribution >= 0.6 is 11.8 Å². The smallest absolute Gasteiger partial charge is 0.277 e. The highest BCUT2D eigenvalue weighted by atomic mass is 32.2. The van der Waals surface area contributed by atoms with Crippen LogP contribution in [0.2, 0.25) is 0 Å². The van der Waals surface area contributed by atoms with Gasteiger partial charge in [0.1, 0.15) is 5.82 Å². The first-order valence-corrected chi connectivity index (χ1v) is 8.96. The van der Waals surface area contributed by atoms with Gasteiger partial charge in [-0.3, -0.25) is 4.79 Å². The van der Waals surface area contributed by atoms with Gasteiger partial charge in [0, 0.05) is 13.6 Å². The third kappa shape index (κ3) is 4.29. The van der Waals surface area contributed by atoms with Crippen LogP contribution in [0.4, 0.5) is 4.39 Å². The molecule has 0 bridgehead atoms. The average molecular weight is 371 g/mol. The van der Waals surface area contributed by atoms with Crippen molar-refractivity contribution in [2.24, 2.45) is 0 Å². The van der Waals surface area contributed by atoms with Crippen molar-refractivity contribution in [3.8, 4) is 11.5 Å². The highest BCUT2D eigenvalue weighted by Crippen LogP contribution is 2.28. The summed E-state index contributed by atoms with van der Waals surface area (Å²) in [6.45, 7) is 2.30. The van der Waals surface area contributed by atoms with Gasteiger partial charge in [-0.15, -0.1) is 10.2 Å². The second kappa shape index (κ2) is 8.14. The van der Waals surface area contributed by atoms with Crippen LogP contribution in [-0.4, -0.2) is 33.3 Å². The molecule has 3 aromatic rings. The fourth-order valence-corrected chi connectivity index (χ4v) is 3.25. The standard InChI is InChI=1S/C19H18FN3O2S/c1-13(18(24)23(2)12-14-8-4-3-5-9-14)26-19-22-21-17(25-19)15-10-6-7-11-16(15)20/h3-11,13H,12H2,1-2H3/t13-/m0/s1. The largest absolute Gasteiger partial charge is 0.411 e. The molecule has 0 fully saturated rings. The molecule has 3 rings (SSSR count). The van der Waals surface area contributed by atoms with E-state index < -0.39 is 11.1 Å². The van der Waals surface area contributed by atoms with Crippen LogP contribution in [0.1, 0.15) is 12.5 Å². The summed E-state index contributed by atoms with van der Waals surface area (Å²) in [6, 6.07) is 15.9. The quantitative estimate of drug-likeness (QED) is 0.613. The van der Waals surface area contributed by atoms with Crippen molar-refractivity contribution in [3.05, 3.63) is 66.0 Å². The van der Waals surface area contributed by atoms with Crippen LogP contribution in [0.15, 0.2) is 64.2 Å². The van der Waals surface area contributed by atoms with E-state index in [1.54, 1.807) is 37.1 Å². The molecular weight excluding hydrogens is 353 g/mol. The molecule has 0 aliphatic carbocycles. The Labute approximate surface area is 155 Å². The highest BCUT2D eigenvalue weighted by Gasteiger charge is 2.22. The first-order chi connectivity index (χ1) is 12.5. The van der Waals surface area contributed by atoms with Crippen LogP contribution in [-0.2, 0) is 11.3 Å². The number of thioether (sulfide) groups is 1. The Morgan fingerprint density at radius 1 is 1.15 bits per heavy atom. The number of rotatable bonds is 6. The van der Waals surface area contributed by atoms with Crippen LogP contribution in [0.5, 0.6) is 0 Å². The molecule has 0 spiro atoms. The Bertz CT molecular complexity index is 885.